The van der Waals surface area contributed by atoms with Gasteiger partial charge < -0.3 is 10.6 Å². The molecule has 3 N–H and O–H groups in total. The molecular formula is C16H15N3O4S. The normalized spacial score (nSPS) is 13.1. The van der Waals surface area contributed by atoms with Crippen LogP contribution in [0.1, 0.15) is 12.5 Å². The minimum Gasteiger partial charge on any atom is -0.326 e. The van der Waals surface area contributed by atoms with Crippen molar-refractivity contribution in [3.8, 4) is 0 Å². The van der Waals surface area contributed by atoms with Crippen LogP contribution in [0.5, 0.6) is 0 Å². The van der Waals surface area contributed by atoms with Crippen LogP contribution in [0, 0.1) is 0 Å². The Hall–Kier alpha value is -2.87. The molecule has 2 aromatic rings. The van der Waals surface area contributed by atoms with Crippen LogP contribution < -0.4 is 15.4 Å². The van der Waals surface area contributed by atoms with Gasteiger partial charge in [0.2, 0.25) is 11.8 Å². The summed E-state index contributed by atoms with van der Waals surface area (Å²) in [4.78, 5) is 22.4. The fourth-order valence-corrected chi connectivity index (χ4v) is 3.48. The van der Waals surface area contributed by atoms with E-state index in [0.29, 0.717) is 17.1 Å². The molecule has 0 bridgehead atoms. The highest BCUT2D eigenvalue weighted by Gasteiger charge is 2.19. The Bertz CT molecular complexity index is 921. The monoisotopic (exact) mass is 345 g/mol. The zero-order valence-corrected chi connectivity index (χ0v) is 13.6. The number of benzene rings is 2. The van der Waals surface area contributed by atoms with Crippen molar-refractivity contribution >= 4 is 38.9 Å². The predicted molar refractivity (Wildman–Crippen MR) is 90.3 cm³/mol. The minimum atomic E-state index is -3.76. The zero-order valence-electron chi connectivity index (χ0n) is 12.8. The van der Waals surface area contributed by atoms with Gasteiger partial charge in [0, 0.05) is 24.0 Å². The first kappa shape index (κ1) is 16.0. The number of hydrogen-bond donors (Lipinski definition) is 3. The number of fused-ring (bicyclic) bond motifs is 1. The molecule has 0 fully saturated rings. The van der Waals surface area contributed by atoms with Gasteiger partial charge in [0.05, 0.1) is 11.3 Å². The topological polar surface area (TPSA) is 104 Å². The third-order valence-corrected chi connectivity index (χ3v) is 4.86. The molecule has 0 saturated heterocycles. The summed E-state index contributed by atoms with van der Waals surface area (Å²) in [6.07, 6.45) is 0.232. The second-order valence-electron chi connectivity index (χ2n) is 5.41. The van der Waals surface area contributed by atoms with Gasteiger partial charge >= 0.3 is 0 Å². The van der Waals surface area contributed by atoms with Crippen molar-refractivity contribution in [2.75, 3.05) is 15.4 Å². The number of rotatable bonds is 4. The van der Waals surface area contributed by atoms with Gasteiger partial charge in [-0.1, -0.05) is 0 Å². The van der Waals surface area contributed by atoms with E-state index >= 15 is 0 Å². The Kier molecular flexibility index (Phi) is 3.98. The summed E-state index contributed by atoms with van der Waals surface area (Å²) in [5, 5.41) is 5.26. The number of hydrogen-bond acceptors (Lipinski definition) is 4. The molecule has 0 unspecified atom stereocenters. The van der Waals surface area contributed by atoms with Crippen LogP contribution in [0.3, 0.4) is 0 Å². The largest absolute Gasteiger partial charge is 0.326 e. The molecule has 0 aromatic heterocycles. The summed E-state index contributed by atoms with van der Waals surface area (Å²) < 4.78 is 27.3. The lowest BCUT2D eigenvalue weighted by molar-refractivity contribution is -0.115. The molecule has 0 aliphatic carbocycles. The van der Waals surface area contributed by atoms with Gasteiger partial charge in [0.25, 0.3) is 10.0 Å². The minimum absolute atomic E-state index is 0.0753. The van der Waals surface area contributed by atoms with Crippen LogP contribution in [-0.4, -0.2) is 20.2 Å². The fraction of sp³-hybridized carbons (Fsp3) is 0.125. The van der Waals surface area contributed by atoms with Gasteiger partial charge in [-0.05, 0) is 48.0 Å². The van der Waals surface area contributed by atoms with Crippen LogP contribution in [0.2, 0.25) is 0 Å². The van der Waals surface area contributed by atoms with Gasteiger partial charge in [-0.3, -0.25) is 14.3 Å². The zero-order chi connectivity index (χ0) is 17.3. The first-order valence-corrected chi connectivity index (χ1v) is 8.65. The quantitative estimate of drug-likeness (QED) is 0.787. The summed E-state index contributed by atoms with van der Waals surface area (Å²) in [6.45, 7) is 1.37. The summed E-state index contributed by atoms with van der Waals surface area (Å²) >= 11 is 0. The molecule has 124 valence electrons. The van der Waals surface area contributed by atoms with Crippen molar-refractivity contribution in [3.63, 3.8) is 0 Å². The molecule has 7 nitrogen and oxygen atoms in total. The van der Waals surface area contributed by atoms with E-state index in [0.717, 1.165) is 5.56 Å². The van der Waals surface area contributed by atoms with E-state index in [4.69, 9.17) is 0 Å². The van der Waals surface area contributed by atoms with Gasteiger partial charge in [-0.25, -0.2) is 8.42 Å². The lowest BCUT2D eigenvalue weighted by atomic mass is 10.1. The molecule has 3 rings (SSSR count). The number of sulfonamides is 1. The molecule has 0 atom stereocenters. The summed E-state index contributed by atoms with van der Waals surface area (Å²) in [5.41, 5.74) is 2.35. The average Bonchev–Trinajstić information content (AvgIpc) is 2.86. The first-order valence-electron chi connectivity index (χ1n) is 7.17. The molecule has 24 heavy (non-hydrogen) atoms. The van der Waals surface area contributed by atoms with Crippen molar-refractivity contribution in [1.29, 1.82) is 0 Å². The highest BCUT2D eigenvalue weighted by molar-refractivity contribution is 7.92. The van der Waals surface area contributed by atoms with Gasteiger partial charge in [-0.2, -0.15) is 0 Å². The SMILES string of the molecule is CC(=O)Nc1ccc(S(=O)(=O)Nc2ccc3c(c2)CC(=O)N3)cc1. The van der Waals surface area contributed by atoms with E-state index in [9.17, 15) is 18.0 Å². The lowest BCUT2D eigenvalue weighted by Crippen LogP contribution is -2.13. The third kappa shape index (κ3) is 3.38. The smallest absolute Gasteiger partial charge is 0.261 e. The number of nitrogens with one attached hydrogen (secondary N) is 3. The Morgan fingerprint density at radius 2 is 1.75 bits per heavy atom. The number of amides is 2. The lowest BCUT2D eigenvalue weighted by Gasteiger charge is -2.10. The Morgan fingerprint density at radius 3 is 2.42 bits per heavy atom. The fourth-order valence-electron chi connectivity index (χ4n) is 2.43. The number of anilines is 3. The van der Waals surface area contributed by atoms with Crippen molar-refractivity contribution in [1.82, 2.24) is 0 Å². The van der Waals surface area contributed by atoms with Crippen LogP contribution >= 0.6 is 0 Å². The van der Waals surface area contributed by atoms with Crippen molar-refractivity contribution in [2.45, 2.75) is 18.2 Å². The van der Waals surface area contributed by atoms with Crippen LogP contribution in [0.15, 0.2) is 47.4 Å². The molecule has 1 aliphatic heterocycles. The molecule has 0 saturated carbocycles. The molecule has 2 aromatic carbocycles. The maximum absolute atomic E-state index is 12.4. The second kappa shape index (κ2) is 5.97. The van der Waals surface area contributed by atoms with Gasteiger partial charge in [0.1, 0.15) is 0 Å². The molecule has 8 heteroatoms. The van der Waals surface area contributed by atoms with E-state index in [1.54, 1.807) is 18.2 Å². The van der Waals surface area contributed by atoms with E-state index in [-0.39, 0.29) is 23.1 Å². The van der Waals surface area contributed by atoms with E-state index in [2.05, 4.69) is 15.4 Å². The first-order chi connectivity index (χ1) is 11.3. The highest BCUT2D eigenvalue weighted by Crippen LogP contribution is 2.27. The third-order valence-electron chi connectivity index (χ3n) is 3.47. The Labute approximate surface area is 139 Å². The van der Waals surface area contributed by atoms with Gasteiger partial charge in [-0.15, -0.1) is 0 Å². The van der Waals surface area contributed by atoms with E-state index in [1.165, 1.54) is 31.2 Å². The highest BCUT2D eigenvalue weighted by atomic mass is 32.2. The number of carbonyl (C=O) groups is 2. The van der Waals surface area contributed by atoms with E-state index < -0.39 is 10.0 Å². The number of carbonyl (C=O) groups excluding carboxylic acids is 2. The summed E-state index contributed by atoms with van der Waals surface area (Å²) in [6, 6.07) is 10.7. The maximum atomic E-state index is 12.4. The van der Waals surface area contributed by atoms with Crippen molar-refractivity contribution < 1.29 is 18.0 Å². The standard InChI is InChI=1S/C16H15N3O4S/c1-10(20)17-12-2-5-14(6-3-12)24(22,23)19-13-4-7-15-11(8-13)9-16(21)18-15/h2-8,19H,9H2,1H3,(H,17,20)(H,18,21). The second-order valence-corrected chi connectivity index (χ2v) is 7.09. The predicted octanol–water partition coefficient (Wildman–Crippen LogP) is 1.94. The van der Waals surface area contributed by atoms with Crippen molar-refractivity contribution in [3.05, 3.63) is 48.0 Å². The summed E-state index contributed by atoms with van der Waals surface area (Å²) in [7, 11) is -3.76. The molecule has 0 radical (unpaired) electrons. The van der Waals surface area contributed by atoms with E-state index in [1.807, 2.05) is 0 Å². The Balaban J connectivity index is 1.80. The molecule has 2 amide bonds. The molecule has 0 spiro atoms. The molecular weight excluding hydrogens is 330 g/mol. The van der Waals surface area contributed by atoms with Crippen molar-refractivity contribution in [2.24, 2.45) is 0 Å². The maximum Gasteiger partial charge on any atom is 0.261 e. The van der Waals surface area contributed by atoms with Crippen LogP contribution in [-0.2, 0) is 26.0 Å². The summed E-state index contributed by atoms with van der Waals surface area (Å²) in [5.74, 6) is -0.344. The van der Waals surface area contributed by atoms with Gasteiger partial charge in [0.15, 0.2) is 0 Å². The van der Waals surface area contributed by atoms with Crippen LogP contribution in [0.25, 0.3) is 0 Å². The van der Waals surface area contributed by atoms with Crippen LogP contribution in [0.4, 0.5) is 17.1 Å². The molecule has 1 aliphatic rings. The molecule has 1 heterocycles. The Morgan fingerprint density at radius 1 is 1.08 bits per heavy atom. The average molecular weight is 345 g/mol.